The minimum absolute atomic E-state index is 0.0228. The number of hydrogen-bond donors (Lipinski definition) is 1. The molecule has 2 N–H and O–H groups in total. The van der Waals surface area contributed by atoms with Crippen LogP contribution in [0.3, 0.4) is 0 Å². The smallest absolute Gasteiger partial charge is 0.175 e. The maximum Gasteiger partial charge on any atom is 0.175 e. The van der Waals surface area contributed by atoms with Crippen molar-refractivity contribution in [3.63, 3.8) is 0 Å². The summed E-state index contributed by atoms with van der Waals surface area (Å²) in [7, 11) is 0. The van der Waals surface area contributed by atoms with Crippen molar-refractivity contribution < 1.29 is 0 Å². The molecule has 3 heterocycles. The Morgan fingerprint density at radius 3 is 3.06 bits per heavy atom. The van der Waals surface area contributed by atoms with Crippen LogP contribution in [0, 0.1) is 0 Å². The van der Waals surface area contributed by atoms with Crippen molar-refractivity contribution in [3.05, 3.63) is 21.7 Å². The molecule has 84 valence electrons. The highest BCUT2D eigenvalue weighted by molar-refractivity contribution is 9.11. The van der Waals surface area contributed by atoms with Crippen LogP contribution in [0.15, 0.2) is 15.9 Å². The Labute approximate surface area is 106 Å². The van der Waals surface area contributed by atoms with Crippen LogP contribution in [0.25, 0.3) is 10.7 Å². The second-order valence-electron chi connectivity index (χ2n) is 3.87. The second-order valence-corrected chi connectivity index (χ2v) is 6.34. The van der Waals surface area contributed by atoms with Gasteiger partial charge >= 0.3 is 0 Å². The van der Waals surface area contributed by atoms with Gasteiger partial charge in [-0.1, -0.05) is 0 Å². The molecule has 0 radical (unpaired) electrons. The standard InChI is InChI=1S/C10H11BrN4S/c11-7-5-4-6(16-7)10-14-13-9-3-1-2-8(12)15(9)10/h4-5,8H,1-3,12H2. The fraction of sp³-hybridized carbons (Fsp3) is 0.400. The molecule has 0 aliphatic carbocycles. The first kappa shape index (κ1) is 10.4. The zero-order valence-electron chi connectivity index (χ0n) is 8.56. The van der Waals surface area contributed by atoms with Crippen molar-refractivity contribution >= 4 is 27.3 Å². The second kappa shape index (κ2) is 3.94. The Balaban J connectivity index is 2.12. The summed E-state index contributed by atoms with van der Waals surface area (Å²) in [6.45, 7) is 0. The molecule has 1 aliphatic heterocycles. The molecule has 2 aromatic heterocycles. The third-order valence-corrected chi connectivity index (χ3v) is 4.41. The molecule has 0 saturated carbocycles. The highest BCUT2D eigenvalue weighted by Gasteiger charge is 2.23. The van der Waals surface area contributed by atoms with E-state index < -0.39 is 0 Å². The van der Waals surface area contributed by atoms with E-state index in [1.54, 1.807) is 11.3 Å². The predicted octanol–water partition coefficient (Wildman–Crippen LogP) is 2.56. The first-order chi connectivity index (χ1) is 7.75. The summed E-state index contributed by atoms with van der Waals surface area (Å²) in [5.41, 5.74) is 6.11. The molecular formula is C10H11BrN4S. The Morgan fingerprint density at radius 1 is 1.44 bits per heavy atom. The molecule has 4 nitrogen and oxygen atoms in total. The van der Waals surface area contributed by atoms with Crippen molar-refractivity contribution in [2.75, 3.05) is 0 Å². The SMILES string of the molecule is NC1CCCc2nnc(-c3ccc(Br)s3)n21. The molecule has 0 saturated heterocycles. The van der Waals surface area contributed by atoms with Gasteiger partial charge in [-0.05, 0) is 40.9 Å². The Hall–Kier alpha value is -0.720. The Bertz CT molecular complexity index is 519. The number of fused-ring (bicyclic) bond motifs is 1. The fourth-order valence-corrected chi connectivity index (χ4v) is 3.41. The van der Waals surface area contributed by atoms with E-state index >= 15 is 0 Å². The molecule has 16 heavy (non-hydrogen) atoms. The van der Waals surface area contributed by atoms with Crippen molar-refractivity contribution in [2.24, 2.45) is 5.73 Å². The van der Waals surface area contributed by atoms with Gasteiger partial charge in [-0.2, -0.15) is 0 Å². The van der Waals surface area contributed by atoms with Crippen LogP contribution in [0.4, 0.5) is 0 Å². The third kappa shape index (κ3) is 1.61. The lowest BCUT2D eigenvalue weighted by Gasteiger charge is -2.21. The normalized spacial score (nSPS) is 19.8. The van der Waals surface area contributed by atoms with E-state index in [9.17, 15) is 0 Å². The maximum absolute atomic E-state index is 6.11. The molecule has 6 heteroatoms. The van der Waals surface area contributed by atoms with Crippen LogP contribution in [0.5, 0.6) is 0 Å². The number of halogens is 1. The lowest BCUT2D eigenvalue weighted by Crippen LogP contribution is -2.25. The molecule has 2 aromatic rings. The first-order valence-electron chi connectivity index (χ1n) is 5.21. The summed E-state index contributed by atoms with van der Waals surface area (Å²) in [5.74, 6) is 1.91. The largest absolute Gasteiger partial charge is 0.311 e. The molecule has 0 bridgehead atoms. The number of hydrogen-bond acceptors (Lipinski definition) is 4. The third-order valence-electron chi connectivity index (χ3n) is 2.79. The topological polar surface area (TPSA) is 56.7 Å². The summed E-state index contributed by atoms with van der Waals surface area (Å²) in [6, 6.07) is 4.07. The van der Waals surface area contributed by atoms with Gasteiger partial charge in [0.1, 0.15) is 5.82 Å². The van der Waals surface area contributed by atoms with E-state index in [0.717, 1.165) is 39.6 Å². The molecule has 0 fully saturated rings. The van der Waals surface area contributed by atoms with E-state index in [-0.39, 0.29) is 6.17 Å². The van der Waals surface area contributed by atoms with Crippen LogP contribution in [-0.4, -0.2) is 14.8 Å². The first-order valence-corrected chi connectivity index (χ1v) is 6.82. The van der Waals surface area contributed by atoms with Gasteiger partial charge in [-0.25, -0.2) is 0 Å². The molecule has 1 aliphatic rings. The van der Waals surface area contributed by atoms with Crippen LogP contribution in [0.1, 0.15) is 24.8 Å². The van der Waals surface area contributed by atoms with E-state index in [4.69, 9.17) is 5.73 Å². The van der Waals surface area contributed by atoms with Gasteiger partial charge in [0.05, 0.1) is 14.8 Å². The zero-order valence-corrected chi connectivity index (χ0v) is 11.0. The van der Waals surface area contributed by atoms with Crippen molar-refractivity contribution in [3.8, 4) is 10.7 Å². The average Bonchev–Trinajstić information content (AvgIpc) is 2.84. The van der Waals surface area contributed by atoms with Crippen LogP contribution in [0.2, 0.25) is 0 Å². The molecule has 1 atom stereocenters. The summed E-state index contributed by atoms with van der Waals surface area (Å²) >= 11 is 5.12. The van der Waals surface area contributed by atoms with Gasteiger partial charge in [0.25, 0.3) is 0 Å². The van der Waals surface area contributed by atoms with Crippen molar-refractivity contribution in [1.29, 1.82) is 0 Å². The van der Waals surface area contributed by atoms with Gasteiger partial charge in [0.15, 0.2) is 5.82 Å². The Morgan fingerprint density at radius 2 is 2.31 bits per heavy atom. The number of aromatic nitrogens is 3. The number of nitrogens with two attached hydrogens (primary N) is 1. The van der Waals surface area contributed by atoms with E-state index in [0.29, 0.717) is 0 Å². The van der Waals surface area contributed by atoms with E-state index in [2.05, 4.69) is 30.7 Å². The number of thiophene rings is 1. The van der Waals surface area contributed by atoms with Crippen LogP contribution < -0.4 is 5.73 Å². The van der Waals surface area contributed by atoms with Gasteiger partial charge < -0.3 is 5.73 Å². The van der Waals surface area contributed by atoms with Gasteiger partial charge in [-0.3, -0.25) is 4.57 Å². The van der Waals surface area contributed by atoms with E-state index in [1.165, 1.54) is 0 Å². The monoisotopic (exact) mass is 298 g/mol. The molecule has 0 amide bonds. The summed E-state index contributed by atoms with van der Waals surface area (Å²) < 4.78 is 3.17. The average molecular weight is 299 g/mol. The number of aryl methyl sites for hydroxylation is 1. The number of rotatable bonds is 1. The molecule has 0 aromatic carbocycles. The lowest BCUT2D eigenvalue weighted by molar-refractivity contribution is 0.412. The lowest BCUT2D eigenvalue weighted by atomic mass is 10.1. The highest BCUT2D eigenvalue weighted by atomic mass is 79.9. The van der Waals surface area contributed by atoms with Crippen LogP contribution in [-0.2, 0) is 6.42 Å². The Kier molecular flexibility index (Phi) is 2.57. The molecule has 1 unspecified atom stereocenters. The van der Waals surface area contributed by atoms with Crippen LogP contribution >= 0.6 is 27.3 Å². The minimum atomic E-state index is 0.0228. The van der Waals surface area contributed by atoms with Crippen molar-refractivity contribution in [2.45, 2.75) is 25.4 Å². The predicted molar refractivity (Wildman–Crippen MR) is 67.2 cm³/mol. The fourth-order valence-electron chi connectivity index (χ4n) is 2.04. The molecule has 0 spiro atoms. The van der Waals surface area contributed by atoms with E-state index in [1.807, 2.05) is 12.1 Å². The highest BCUT2D eigenvalue weighted by Crippen LogP contribution is 2.33. The number of nitrogens with zero attached hydrogens (tertiary/aromatic N) is 3. The van der Waals surface area contributed by atoms with Gasteiger partial charge in [-0.15, -0.1) is 21.5 Å². The summed E-state index contributed by atoms with van der Waals surface area (Å²) in [5, 5.41) is 8.47. The molecular weight excluding hydrogens is 288 g/mol. The van der Waals surface area contributed by atoms with Gasteiger partial charge in [0.2, 0.25) is 0 Å². The molecule has 3 rings (SSSR count). The summed E-state index contributed by atoms with van der Waals surface area (Å²) in [4.78, 5) is 1.11. The van der Waals surface area contributed by atoms with Crippen molar-refractivity contribution in [1.82, 2.24) is 14.8 Å². The zero-order chi connectivity index (χ0) is 11.1. The quantitative estimate of drug-likeness (QED) is 0.880. The summed E-state index contributed by atoms with van der Waals surface area (Å²) in [6.07, 6.45) is 3.11. The van der Waals surface area contributed by atoms with Gasteiger partial charge in [0, 0.05) is 6.42 Å². The minimum Gasteiger partial charge on any atom is -0.311 e. The maximum atomic E-state index is 6.11.